The topological polar surface area (TPSA) is 63.6 Å². The van der Waals surface area contributed by atoms with Crippen molar-refractivity contribution < 1.29 is 32.6 Å². The van der Waals surface area contributed by atoms with Gasteiger partial charge in [0.05, 0.1) is 11.1 Å². The van der Waals surface area contributed by atoms with Gasteiger partial charge in [-0.25, -0.2) is 9.59 Å². The van der Waals surface area contributed by atoms with E-state index in [0.717, 1.165) is 0 Å². The Kier molecular flexibility index (Phi) is 4.73. The van der Waals surface area contributed by atoms with Gasteiger partial charge in [0.15, 0.2) is 0 Å². The molecule has 7 heteroatoms. The first-order chi connectivity index (χ1) is 11.2. The van der Waals surface area contributed by atoms with Crippen molar-refractivity contribution in [1.29, 1.82) is 0 Å². The summed E-state index contributed by atoms with van der Waals surface area (Å²) >= 11 is 0. The van der Waals surface area contributed by atoms with Gasteiger partial charge in [-0.05, 0) is 35.4 Å². The van der Waals surface area contributed by atoms with E-state index in [1.807, 2.05) is 0 Å². The van der Waals surface area contributed by atoms with E-state index in [9.17, 15) is 22.8 Å². The number of halogens is 3. The maximum absolute atomic E-state index is 12.3. The molecule has 0 aromatic heterocycles. The van der Waals surface area contributed by atoms with E-state index in [0.29, 0.717) is 11.1 Å². The van der Waals surface area contributed by atoms with E-state index < -0.39 is 23.9 Å². The Bertz CT molecular complexity index is 775. The molecule has 0 heterocycles. The number of carbonyl (C=O) groups is 2. The number of hydrogen-bond acceptors (Lipinski definition) is 3. The number of rotatable bonds is 4. The Morgan fingerprint density at radius 1 is 0.875 bits per heavy atom. The van der Waals surface area contributed by atoms with Crippen molar-refractivity contribution in [2.75, 3.05) is 0 Å². The molecule has 0 amide bonds. The molecular weight excluding hydrogens is 325 g/mol. The summed E-state index contributed by atoms with van der Waals surface area (Å²) in [5.41, 5.74) is 1.42. The molecule has 0 saturated carbocycles. The first-order valence-electron chi connectivity index (χ1n) is 6.60. The number of carboxylic acids is 1. The summed E-state index contributed by atoms with van der Waals surface area (Å²) < 4.78 is 41.0. The Balaban J connectivity index is 2.14. The van der Waals surface area contributed by atoms with Crippen LogP contribution in [0.4, 0.5) is 13.2 Å². The van der Waals surface area contributed by atoms with E-state index in [4.69, 9.17) is 5.11 Å². The van der Waals surface area contributed by atoms with Crippen LogP contribution in [0.1, 0.15) is 20.7 Å². The molecule has 4 nitrogen and oxygen atoms in total. The molecule has 2 aromatic carbocycles. The van der Waals surface area contributed by atoms with E-state index in [1.165, 1.54) is 36.4 Å². The summed E-state index contributed by atoms with van der Waals surface area (Å²) in [5.74, 6) is -3.80. The van der Waals surface area contributed by atoms with Gasteiger partial charge in [0.2, 0.25) is 5.76 Å². The molecule has 124 valence electrons. The van der Waals surface area contributed by atoms with E-state index in [-0.39, 0.29) is 11.1 Å². The Hall–Kier alpha value is -3.09. The van der Waals surface area contributed by atoms with E-state index >= 15 is 0 Å². The highest BCUT2D eigenvalue weighted by atomic mass is 19.4. The summed E-state index contributed by atoms with van der Waals surface area (Å²) in [5, 5.41) is 8.83. The predicted octanol–water partition coefficient (Wildman–Crippen LogP) is 4.28. The minimum atomic E-state index is -4.80. The number of alkyl halides is 3. The van der Waals surface area contributed by atoms with Crippen LogP contribution in [-0.2, 0) is 4.74 Å². The fourth-order valence-electron chi connectivity index (χ4n) is 1.83. The molecule has 2 aromatic rings. The molecule has 0 radical (unpaired) electrons. The van der Waals surface area contributed by atoms with Gasteiger partial charge in [0.1, 0.15) is 0 Å². The SMILES string of the molecule is C=C(OC(=O)c1ccc(-c2ccc(C(=O)O)cc2)cc1)C(F)(F)F. The standard InChI is InChI=1S/C17H11F3O4/c1-10(17(18,19)20)24-16(23)14-8-4-12(5-9-14)11-2-6-13(7-3-11)15(21)22/h2-9H,1H2,(H,21,22). The summed E-state index contributed by atoms with van der Waals surface area (Å²) in [4.78, 5) is 22.4. The molecule has 24 heavy (non-hydrogen) atoms. The first-order valence-corrected chi connectivity index (χ1v) is 6.60. The second-order valence-corrected chi connectivity index (χ2v) is 4.77. The monoisotopic (exact) mass is 336 g/mol. The number of ether oxygens (including phenoxy) is 1. The third kappa shape index (κ3) is 4.01. The molecule has 0 bridgehead atoms. The highest BCUT2D eigenvalue weighted by Crippen LogP contribution is 2.26. The highest BCUT2D eigenvalue weighted by molar-refractivity contribution is 5.91. The van der Waals surface area contributed by atoms with Gasteiger partial charge in [-0.2, -0.15) is 13.2 Å². The van der Waals surface area contributed by atoms with Crippen molar-refractivity contribution in [1.82, 2.24) is 0 Å². The minimum Gasteiger partial charge on any atom is -0.478 e. The normalized spacial score (nSPS) is 11.0. The molecule has 1 N–H and O–H groups in total. The minimum absolute atomic E-state index is 0.0636. The molecule has 0 saturated heterocycles. The molecule has 0 aliphatic rings. The fraction of sp³-hybridized carbons (Fsp3) is 0.0588. The number of aromatic carboxylic acids is 1. The van der Waals surface area contributed by atoms with E-state index in [2.05, 4.69) is 11.3 Å². The lowest BCUT2D eigenvalue weighted by Crippen LogP contribution is -2.17. The zero-order valence-corrected chi connectivity index (χ0v) is 12.1. The number of benzene rings is 2. The van der Waals surface area contributed by atoms with Crippen molar-refractivity contribution in [2.24, 2.45) is 0 Å². The second kappa shape index (κ2) is 6.57. The van der Waals surface area contributed by atoms with Crippen LogP contribution in [0.25, 0.3) is 11.1 Å². The lowest BCUT2D eigenvalue weighted by molar-refractivity contribution is -0.122. The molecule has 0 spiro atoms. The molecule has 0 aliphatic carbocycles. The van der Waals surface area contributed by atoms with Crippen LogP contribution in [0.3, 0.4) is 0 Å². The van der Waals surface area contributed by atoms with Crippen molar-refractivity contribution in [3.05, 3.63) is 72.0 Å². The van der Waals surface area contributed by atoms with Gasteiger partial charge in [-0.15, -0.1) is 0 Å². The summed E-state index contributed by atoms with van der Waals surface area (Å²) in [6.07, 6.45) is -4.80. The van der Waals surface area contributed by atoms with Crippen molar-refractivity contribution in [3.63, 3.8) is 0 Å². The van der Waals surface area contributed by atoms with Crippen LogP contribution in [0.5, 0.6) is 0 Å². The van der Waals surface area contributed by atoms with Crippen LogP contribution in [0.2, 0.25) is 0 Å². The third-order valence-corrected chi connectivity index (χ3v) is 3.12. The van der Waals surface area contributed by atoms with Crippen molar-refractivity contribution in [3.8, 4) is 11.1 Å². The number of hydrogen-bond donors (Lipinski definition) is 1. The Morgan fingerprint density at radius 3 is 1.67 bits per heavy atom. The predicted molar refractivity (Wildman–Crippen MR) is 79.4 cm³/mol. The molecule has 0 unspecified atom stereocenters. The molecule has 0 fully saturated rings. The number of allylic oxidation sites excluding steroid dienone is 1. The largest absolute Gasteiger partial charge is 0.478 e. The number of esters is 1. The van der Waals surface area contributed by atoms with Gasteiger partial charge in [0, 0.05) is 0 Å². The van der Waals surface area contributed by atoms with Crippen LogP contribution in [0.15, 0.2) is 60.9 Å². The van der Waals surface area contributed by atoms with Crippen LogP contribution < -0.4 is 0 Å². The maximum Gasteiger partial charge on any atom is 0.449 e. The fourth-order valence-corrected chi connectivity index (χ4v) is 1.83. The Labute approximate surface area is 134 Å². The zero-order valence-electron chi connectivity index (χ0n) is 12.1. The summed E-state index contributed by atoms with van der Waals surface area (Å²) in [7, 11) is 0. The highest BCUT2D eigenvalue weighted by Gasteiger charge is 2.35. The van der Waals surface area contributed by atoms with Crippen LogP contribution in [-0.4, -0.2) is 23.2 Å². The van der Waals surface area contributed by atoms with Crippen LogP contribution >= 0.6 is 0 Å². The zero-order chi connectivity index (χ0) is 17.9. The molecule has 0 atom stereocenters. The molecule has 2 rings (SSSR count). The Morgan fingerprint density at radius 2 is 1.29 bits per heavy atom. The van der Waals surface area contributed by atoms with Crippen LogP contribution in [0, 0.1) is 0 Å². The smallest absolute Gasteiger partial charge is 0.449 e. The second-order valence-electron chi connectivity index (χ2n) is 4.77. The van der Waals surface area contributed by atoms with Crippen molar-refractivity contribution in [2.45, 2.75) is 6.18 Å². The number of carbonyl (C=O) groups excluding carboxylic acids is 1. The first kappa shape index (κ1) is 17.3. The average molecular weight is 336 g/mol. The molecular formula is C17H11F3O4. The summed E-state index contributed by atoms with van der Waals surface area (Å²) in [6.45, 7) is 2.66. The van der Waals surface area contributed by atoms with Gasteiger partial charge in [-0.3, -0.25) is 0 Å². The summed E-state index contributed by atoms with van der Waals surface area (Å²) in [6, 6.07) is 11.7. The quantitative estimate of drug-likeness (QED) is 0.668. The third-order valence-electron chi connectivity index (χ3n) is 3.12. The lowest BCUT2D eigenvalue weighted by Gasteiger charge is -2.10. The van der Waals surface area contributed by atoms with E-state index in [1.54, 1.807) is 12.1 Å². The molecule has 0 aliphatic heterocycles. The average Bonchev–Trinajstić information content (AvgIpc) is 2.54. The maximum atomic E-state index is 12.3. The lowest BCUT2D eigenvalue weighted by atomic mass is 10.0. The van der Waals surface area contributed by atoms with Crippen molar-refractivity contribution >= 4 is 11.9 Å². The van der Waals surface area contributed by atoms with Gasteiger partial charge in [0.25, 0.3) is 0 Å². The number of carboxylic acid groups (broad SMARTS) is 1. The van der Waals surface area contributed by atoms with Gasteiger partial charge >= 0.3 is 18.1 Å². The van der Waals surface area contributed by atoms with Gasteiger partial charge in [-0.1, -0.05) is 30.8 Å². The van der Waals surface area contributed by atoms with Gasteiger partial charge < -0.3 is 9.84 Å².